The molecule has 5 nitrogen and oxygen atoms in total. The molecule has 0 atom stereocenters. The van der Waals surface area contributed by atoms with Crippen LogP contribution in [-0.2, 0) is 0 Å². The van der Waals surface area contributed by atoms with Crippen LogP contribution in [0, 0.1) is 10.6 Å². The quantitative estimate of drug-likeness (QED) is 0.837. The molecule has 2 N–H and O–H groups in total. The van der Waals surface area contributed by atoms with Crippen LogP contribution in [0.2, 0.25) is 0 Å². The number of allylic oxidation sites excluding steroid dienone is 2. The number of aromatic hydroxyl groups is 1. The molecular formula is C15H10FN3O2S. The standard InChI is InChI=1S/C15H10FN3O2S/c16-9-3-5-11(6-4-9)19-14(21)12(13(20)18-15(19)22)8-10-2-1-7-17-10/h1-8,21H,(H,18,20,22)/b10-8+. The summed E-state index contributed by atoms with van der Waals surface area (Å²) >= 11 is 5.07. The molecule has 1 aliphatic heterocycles. The lowest BCUT2D eigenvalue weighted by Gasteiger charge is -2.11. The molecule has 0 saturated carbocycles. The molecule has 1 aliphatic rings. The highest BCUT2D eigenvalue weighted by molar-refractivity contribution is 7.71. The number of benzene rings is 1. The first-order valence-corrected chi connectivity index (χ1v) is 6.74. The van der Waals surface area contributed by atoms with Gasteiger partial charge in [0.25, 0.3) is 5.56 Å². The second-order valence-electron chi connectivity index (χ2n) is 4.51. The molecule has 0 spiro atoms. The van der Waals surface area contributed by atoms with Gasteiger partial charge in [-0.1, -0.05) is 0 Å². The second-order valence-corrected chi connectivity index (χ2v) is 4.90. The molecular weight excluding hydrogens is 305 g/mol. The fraction of sp³-hybridized carbons (Fsp3) is 0. The van der Waals surface area contributed by atoms with Crippen molar-refractivity contribution in [2.45, 2.75) is 0 Å². The van der Waals surface area contributed by atoms with E-state index < -0.39 is 11.4 Å². The van der Waals surface area contributed by atoms with Gasteiger partial charge in [0.2, 0.25) is 5.88 Å². The van der Waals surface area contributed by atoms with Gasteiger partial charge in [-0.25, -0.2) is 4.39 Å². The topological polar surface area (TPSA) is 70.4 Å². The SMILES string of the molecule is O=c1[nH]c(=S)n(-c2ccc(F)cc2)c(O)c1/C=C1\C=CC=N1. The van der Waals surface area contributed by atoms with Gasteiger partial charge in [-0.3, -0.25) is 19.3 Å². The summed E-state index contributed by atoms with van der Waals surface area (Å²) in [5, 5.41) is 10.4. The highest BCUT2D eigenvalue weighted by atomic mass is 32.1. The Bertz CT molecular complexity index is 923. The van der Waals surface area contributed by atoms with Crippen molar-refractivity contribution in [2.24, 2.45) is 4.99 Å². The van der Waals surface area contributed by atoms with Crippen molar-refractivity contribution >= 4 is 24.5 Å². The number of hydrogen-bond donors (Lipinski definition) is 2. The zero-order chi connectivity index (χ0) is 15.7. The van der Waals surface area contributed by atoms with Gasteiger partial charge in [-0.05, 0) is 54.7 Å². The Morgan fingerprint density at radius 3 is 2.68 bits per heavy atom. The minimum Gasteiger partial charge on any atom is -0.494 e. The smallest absolute Gasteiger partial charge is 0.262 e. The lowest BCUT2D eigenvalue weighted by molar-refractivity contribution is 0.432. The van der Waals surface area contributed by atoms with Gasteiger partial charge in [0, 0.05) is 6.21 Å². The summed E-state index contributed by atoms with van der Waals surface area (Å²) in [7, 11) is 0. The molecule has 0 bridgehead atoms. The van der Waals surface area contributed by atoms with E-state index in [1.807, 2.05) is 0 Å². The van der Waals surface area contributed by atoms with Crippen LogP contribution in [-0.4, -0.2) is 20.9 Å². The molecule has 0 amide bonds. The normalized spacial score (nSPS) is 14.9. The maximum Gasteiger partial charge on any atom is 0.262 e. The summed E-state index contributed by atoms with van der Waals surface area (Å²) < 4.78 is 14.3. The van der Waals surface area contributed by atoms with E-state index in [9.17, 15) is 14.3 Å². The molecule has 0 aliphatic carbocycles. The summed E-state index contributed by atoms with van der Waals surface area (Å²) in [5.41, 5.74) is 0.467. The lowest BCUT2D eigenvalue weighted by Crippen LogP contribution is -2.16. The Morgan fingerprint density at radius 1 is 1.32 bits per heavy atom. The number of halogens is 1. The third kappa shape index (κ3) is 2.53. The third-order valence-corrected chi connectivity index (χ3v) is 3.36. The number of aliphatic imine (C=N–C) groups is 1. The minimum absolute atomic E-state index is 0.0155. The van der Waals surface area contributed by atoms with Gasteiger partial charge in [-0.2, -0.15) is 0 Å². The van der Waals surface area contributed by atoms with Crippen molar-refractivity contribution in [3.8, 4) is 11.6 Å². The summed E-state index contributed by atoms with van der Waals surface area (Å²) in [6.45, 7) is 0. The third-order valence-electron chi connectivity index (χ3n) is 3.07. The fourth-order valence-corrected chi connectivity index (χ4v) is 2.33. The van der Waals surface area contributed by atoms with E-state index in [4.69, 9.17) is 12.2 Å². The van der Waals surface area contributed by atoms with E-state index in [0.717, 1.165) is 0 Å². The van der Waals surface area contributed by atoms with Crippen LogP contribution in [0.15, 0.2) is 51.9 Å². The van der Waals surface area contributed by atoms with Gasteiger partial charge in [-0.15, -0.1) is 0 Å². The molecule has 3 rings (SSSR count). The summed E-state index contributed by atoms with van der Waals surface area (Å²) in [6, 6.07) is 5.38. The summed E-state index contributed by atoms with van der Waals surface area (Å²) in [6.07, 6.45) is 6.44. The molecule has 2 aromatic rings. The van der Waals surface area contributed by atoms with Crippen molar-refractivity contribution in [1.29, 1.82) is 0 Å². The predicted octanol–water partition coefficient (Wildman–Crippen LogP) is 2.72. The molecule has 110 valence electrons. The van der Waals surface area contributed by atoms with E-state index in [2.05, 4.69) is 9.98 Å². The Morgan fingerprint density at radius 2 is 2.05 bits per heavy atom. The van der Waals surface area contributed by atoms with Crippen LogP contribution < -0.4 is 5.56 Å². The number of nitrogens with zero attached hydrogens (tertiary/aromatic N) is 2. The van der Waals surface area contributed by atoms with Crippen molar-refractivity contribution in [1.82, 2.24) is 9.55 Å². The summed E-state index contributed by atoms with van der Waals surface area (Å²) in [5.74, 6) is -0.740. The van der Waals surface area contributed by atoms with Crippen molar-refractivity contribution in [3.05, 3.63) is 68.6 Å². The molecule has 7 heteroatoms. The maximum atomic E-state index is 13.0. The van der Waals surface area contributed by atoms with Crippen molar-refractivity contribution < 1.29 is 9.50 Å². The van der Waals surface area contributed by atoms with Gasteiger partial charge in [0.1, 0.15) is 11.4 Å². The van der Waals surface area contributed by atoms with Crippen LogP contribution in [0.5, 0.6) is 5.88 Å². The maximum absolute atomic E-state index is 13.0. The minimum atomic E-state index is -0.524. The highest BCUT2D eigenvalue weighted by Gasteiger charge is 2.13. The average Bonchev–Trinajstić information content (AvgIpc) is 2.98. The van der Waals surface area contributed by atoms with Crippen LogP contribution >= 0.6 is 12.2 Å². The first-order valence-electron chi connectivity index (χ1n) is 6.33. The number of rotatable bonds is 2. The molecule has 0 saturated heterocycles. The van der Waals surface area contributed by atoms with Gasteiger partial charge < -0.3 is 5.11 Å². The van der Waals surface area contributed by atoms with Gasteiger partial charge >= 0.3 is 0 Å². The number of nitrogens with one attached hydrogen (secondary N) is 1. The zero-order valence-electron chi connectivity index (χ0n) is 11.2. The molecule has 0 radical (unpaired) electrons. The number of hydrogen-bond acceptors (Lipinski definition) is 4. The van der Waals surface area contributed by atoms with Crippen molar-refractivity contribution in [3.63, 3.8) is 0 Å². The molecule has 22 heavy (non-hydrogen) atoms. The Balaban J connectivity index is 2.24. The van der Waals surface area contributed by atoms with Crippen molar-refractivity contribution in [2.75, 3.05) is 0 Å². The van der Waals surface area contributed by atoms with E-state index in [1.54, 1.807) is 18.4 Å². The van der Waals surface area contributed by atoms with E-state index in [1.165, 1.54) is 34.9 Å². The second kappa shape index (κ2) is 5.53. The number of aromatic nitrogens is 2. The average molecular weight is 315 g/mol. The molecule has 0 fully saturated rings. The van der Waals surface area contributed by atoms with Gasteiger partial charge in [0.15, 0.2) is 4.77 Å². The monoisotopic (exact) mass is 315 g/mol. The van der Waals surface area contributed by atoms with Crippen LogP contribution in [0.1, 0.15) is 5.56 Å². The van der Waals surface area contributed by atoms with E-state index in [0.29, 0.717) is 11.4 Å². The molecule has 1 aromatic carbocycles. The Kier molecular flexibility index (Phi) is 3.56. The van der Waals surface area contributed by atoms with Crippen LogP contribution in [0.4, 0.5) is 4.39 Å². The molecule has 0 unspecified atom stereocenters. The Hall–Kier alpha value is -2.80. The first kappa shape index (κ1) is 14.2. The molecule has 2 heterocycles. The Labute approximate surface area is 129 Å². The predicted molar refractivity (Wildman–Crippen MR) is 84.5 cm³/mol. The number of aromatic amines is 1. The number of H-pyrrole nitrogens is 1. The van der Waals surface area contributed by atoms with Crippen LogP contribution in [0.25, 0.3) is 11.8 Å². The van der Waals surface area contributed by atoms with E-state index in [-0.39, 0.29) is 16.2 Å². The lowest BCUT2D eigenvalue weighted by atomic mass is 10.2. The zero-order valence-corrected chi connectivity index (χ0v) is 12.0. The van der Waals surface area contributed by atoms with E-state index >= 15 is 0 Å². The van der Waals surface area contributed by atoms with Crippen LogP contribution in [0.3, 0.4) is 0 Å². The largest absolute Gasteiger partial charge is 0.494 e. The first-order chi connectivity index (χ1) is 10.6. The molecule has 1 aromatic heterocycles. The highest BCUT2D eigenvalue weighted by Crippen LogP contribution is 2.22. The fourth-order valence-electron chi connectivity index (χ4n) is 2.05. The van der Waals surface area contributed by atoms with Gasteiger partial charge in [0.05, 0.1) is 11.4 Å². The summed E-state index contributed by atoms with van der Waals surface area (Å²) in [4.78, 5) is 18.5.